The van der Waals surface area contributed by atoms with Gasteiger partial charge in [0.15, 0.2) is 9.84 Å². The van der Waals surface area contributed by atoms with E-state index in [4.69, 9.17) is 0 Å². The van der Waals surface area contributed by atoms with E-state index in [1.165, 1.54) is 7.11 Å². The van der Waals surface area contributed by atoms with Crippen molar-refractivity contribution in [2.75, 3.05) is 32.2 Å². The largest absolute Gasteiger partial charge is 0.468 e. The van der Waals surface area contributed by atoms with Crippen molar-refractivity contribution in [3.63, 3.8) is 0 Å². The predicted octanol–water partition coefficient (Wildman–Crippen LogP) is -0.947. The Hall–Kier alpha value is -1.11. The van der Waals surface area contributed by atoms with Crippen LogP contribution in [0, 0.1) is 0 Å². The third kappa shape index (κ3) is 6.05. The molecule has 0 aliphatic carbocycles. The summed E-state index contributed by atoms with van der Waals surface area (Å²) in [6.07, 6.45) is 0.969. The maximum Gasteiger partial charge on any atom is 0.325 e. The topological polar surface area (TPSA) is 80.8 Å². The van der Waals surface area contributed by atoms with Crippen molar-refractivity contribution in [3.8, 4) is 0 Å². The van der Waals surface area contributed by atoms with Crippen LogP contribution in [0.15, 0.2) is 0 Å². The second kappa shape index (κ2) is 5.69. The van der Waals surface area contributed by atoms with Gasteiger partial charge in [-0.2, -0.15) is 0 Å². The molecule has 15 heavy (non-hydrogen) atoms. The molecular formula is C8H15NO5S. The van der Waals surface area contributed by atoms with Gasteiger partial charge in [0.25, 0.3) is 0 Å². The maximum atomic E-state index is 11.4. The van der Waals surface area contributed by atoms with Gasteiger partial charge in [-0.25, -0.2) is 8.42 Å². The number of ether oxygens (including phenoxy) is 1. The molecule has 0 bridgehead atoms. The molecule has 0 saturated heterocycles. The summed E-state index contributed by atoms with van der Waals surface area (Å²) in [4.78, 5) is 23.4. The van der Waals surface area contributed by atoms with Crippen molar-refractivity contribution in [3.05, 3.63) is 0 Å². The van der Waals surface area contributed by atoms with Crippen LogP contribution in [0.3, 0.4) is 0 Å². The van der Waals surface area contributed by atoms with E-state index >= 15 is 0 Å². The fourth-order valence-electron chi connectivity index (χ4n) is 0.912. The molecule has 0 rings (SSSR count). The number of hydrogen-bond donors (Lipinski definition) is 0. The number of likely N-dealkylation sites (N-methyl/N-ethyl adjacent to an activating group) is 1. The molecule has 88 valence electrons. The molecule has 6 nitrogen and oxygen atoms in total. The quantitative estimate of drug-likeness (QED) is 0.576. The van der Waals surface area contributed by atoms with Crippen LogP contribution in [0.1, 0.15) is 6.92 Å². The van der Waals surface area contributed by atoms with Gasteiger partial charge in [0.1, 0.15) is 12.3 Å². The minimum absolute atomic E-state index is 0.221. The second-order valence-corrected chi connectivity index (χ2v) is 5.19. The molecule has 0 heterocycles. The van der Waals surface area contributed by atoms with E-state index in [9.17, 15) is 18.0 Å². The van der Waals surface area contributed by atoms with E-state index in [1.807, 2.05) is 0 Å². The van der Waals surface area contributed by atoms with Gasteiger partial charge in [-0.05, 0) is 6.92 Å². The monoisotopic (exact) mass is 237 g/mol. The van der Waals surface area contributed by atoms with E-state index in [-0.39, 0.29) is 13.1 Å². The first-order valence-electron chi connectivity index (χ1n) is 4.32. The van der Waals surface area contributed by atoms with Crippen LogP contribution in [0.2, 0.25) is 0 Å². The van der Waals surface area contributed by atoms with Crippen LogP contribution in [0.4, 0.5) is 0 Å². The van der Waals surface area contributed by atoms with E-state index < -0.39 is 27.5 Å². The number of sulfone groups is 1. The van der Waals surface area contributed by atoms with Crippen LogP contribution in [0.25, 0.3) is 0 Å². The van der Waals surface area contributed by atoms with Gasteiger partial charge in [0.2, 0.25) is 5.91 Å². The highest BCUT2D eigenvalue weighted by Crippen LogP contribution is 1.94. The van der Waals surface area contributed by atoms with Crippen molar-refractivity contribution < 1.29 is 22.7 Å². The minimum Gasteiger partial charge on any atom is -0.468 e. The molecule has 0 aromatic rings. The van der Waals surface area contributed by atoms with E-state index in [0.717, 1.165) is 11.2 Å². The molecule has 0 saturated carbocycles. The van der Waals surface area contributed by atoms with E-state index in [0.29, 0.717) is 0 Å². The second-order valence-electron chi connectivity index (χ2n) is 3.05. The first-order valence-corrected chi connectivity index (χ1v) is 6.38. The fourth-order valence-corrected chi connectivity index (χ4v) is 1.54. The van der Waals surface area contributed by atoms with Crippen LogP contribution in [-0.4, -0.2) is 57.4 Å². The van der Waals surface area contributed by atoms with Crippen molar-refractivity contribution in [1.82, 2.24) is 4.90 Å². The first-order chi connectivity index (χ1) is 6.80. The Labute approximate surface area is 89.1 Å². The Morgan fingerprint density at radius 2 is 1.87 bits per heavy atom. The molecular weight excluding hydrogens is 222 g/mol. The van der Waals surface area contributed by atoms with E-state index in [2.05, 4.69) is 4.74 Å². The van der Waals surface area contributed by atoms with Gasteiger partial charge in [-0.1, -0.05) is 0 Å². The standard InChI is InChI=1S/C8H15NO5S/c1-4-9(5-8(11)14-2)7(10)6-15(3,12)13/h4-6H2,1-3H3. The Kier molecular flexibility index (Phi) is 5.27. The summed E-state index contributed by atoms with van der Waals surface area (Å²) in [5.41, 5.74) is 0. The van der Waals surface area contributed by atoms with Gasteiger partial charge >= 0.3 is 5.97 Å². The van der Waals surface area contributed by atoms with Crippen molar-refractivity contribution >= 4 is 21.7 Å². The summed E-state index contributed by atoms with van der Waals surface area (Å²) in [7, 11) is -2.16. The molecule has 0 aromatic carbocycles. The van der Waals surface area contributed by atoms with Crippen molar-refractivity contribution in [1.29, 1.82) is 0 Å². The molecule has 0 aliphatic heterocycles. The number of carbonyl (C=O) groups excluding carboxylic acids is 2. The summed E-state index contributed by atoms with van der Waals surface area (Å²) in [5, 5.41) is 0. The number of esters is 1. The number of amides is 1. The third-order valence-electron chi connectivity index (χ3n) is 1.67. The van der Waals surface area contributed by atoms with Crippen molar-refractivity contribution in [2.24, 2.45) is 0 Å². The lowest BCUT2D eigenvalue weighted by Crippen LogP contribution is -2.39. The molecule has 0 aliphatic rings. The van der Waals surface area contributed by atoms with Crippen LogP contribution in [0.5, 0.6) is 0 Å². The zero-order valence-electron chi connectivity index (χ0n) is 9.02. The molecule has 7 heteroatoms. The number of rotatable bonds is 5. The number of carbonyl (C=O) groups is 2. The highest BCUT2D eigenvalue weighted by Gasteiger charge is 2.19. The van der Waals surface area contributed by atoms with Gasteiger partial charge in [-0.3, -0.25) is 9.59 Å². The normalized spacial score (nSPS) is 10.9. The Morgan fingerprint density at radius 3 is 2.20 bits per heavy atom. The molecule has 0 unspecified atom stereocenters. The lowest BCUT2D eigenvalue weighted by Gasteiger charge is -2.18. The molecule has 0 spiro atoms. The van der Waals surface area contributed by atoms with Gasteiger partial charge in [0.05, 0.1) is 7.11 Å². The van der Waals surface area contributed by atoms with E-state index in [1.54, 1.807) is 6.92 Å². The minimum atomic E-state index is -3.36. The fraction of sp³-hybridized carbons (Fsp3) is 0.750. The summed E-state index contributed by atoms with van der Waals surface area (Å²) in [5.74, 6) is -1.75. The van der Waals surface area contributed by atoms with Gasteiger partial charge in [0, 0.05) is 12.8 Å². The van der Waals surface area contributed by atoms with Crippen LogP contribution < -0.4 is 0 Å². The van der Waals surface area contributed by atoms with Gasteiger partial charge in [-0.15, -0.1) is 0 Å². The summed E-state index contributed by atoms with van der Waals surface area (Å²) in [6, 6.07) is 0. The zero-order chi connectivity index (χ0) is 12.1. The average Bonchev–Trinajstić information content (AvgIpc) is 2.10. The average molecular weight is 237 g/mol. The Morgan fingerprint density at radius 1 is 1.33 bits per heavy atom. The lowest BCUT2D eigenvalue weighted by molar-refractivity contribution is -0.146. The molecule has 0 fully saturated rings. The SMILES string of the molecule is CCN(CC(=O)OC)C(=O)CS(C)(=O)=O. The molecule has 0 N–H and O–H groups in total. The summed E-state index contributed by atoms with van der Waals surface area (Å²) in [6.45, 7) is 1.70. The Bertz CT molecular complexity index is 335. The number of hydrogen-bond acceptors (Lipinski definition) is 5. The van der Waals surface area contributed by atoms with Crippen molar-refractivity contribution in [2.45, 2.75) is 6.92 Å². The van der Waals surface area contributed by atoms with Crippen LogP contribution >= 0.6 is 0 Å². The summed E-state index contributed by atoms with van der Waals surface area (Å²) < 4.78 is 26.1. The molecule has 1 amide bonds. The highest BCUT2D eigenvalue weighted by atomic mass is 32.2. The molecule has 0 atom stereocenters. The predicted molar refractivity (Wildman–Crippen MR) is 54.0 cm³/mol. The zero-order valence-corrected chi connectivity index (χ0v) is 9.83. The lowest BCUT2D eigenvalue weighted by atomic mass is 10.4. The van der Waals surface area contributed by atoms with Crippen LogP contribution in [-0.2, 0) is 24.2 Å². The Balaban J connectivity index is 4.42. The van der Waals surface area contributed by atoms with Gasteiger partial charge < -0.3 is 9.64 Å². The number of nitrogens with zero attached hydrogens (tertiary/aromatic N) is 1. The smallest absolute Gasteiger partial charge is 0.325 e. The molecule has 0 aromatic heterocycles. The third-order valence-corrected chi connectivity index (χ3v) is 2.44. The number of methoxy groups -OCH3 is 1. The molecule has 0 radical (unpaired) electrons. The first kappa shape index (κ1) is 13.9. The summed E-state index contributed by atoms with van der Waals surface area (Å²) >= 11 is 0. The highest BCUT2D eigenvalue weighted by molar-refractivity contribution is 7.91. The maximum absolute atomic E-state index is 11.4.